The largest absolute Gasteiger partial charge is 0.497 e. The van der Waals surface area contributed by atoms with Crippen LogP contribution < -0.4 is 15.4 Å². The Morgan fingerprint density at radius 1 is 0.936 bits per heavy atom. The van der Waals surface area contributed by atoms with Crippen molar-refractivity contribution in [3.63, 3.8) is 0 Å². The van der Waals surface area contributed by atoms with Gasteiger partial charge in [0.05, 0.1) is 25.0 Å². The van der Waals surface area contributed by atoms with Crippen molar-refractivity contribution in [2.24, 2.45) is 17.8 Å². The quantitative estimate of drug-likeness (QED) is 0.349. The lowest BCUT2D eigenvalue weighted by Gasteiger charge is -2.35. The lowest BCUT2D eigenvalue weighted by atomic mass is 9.74. The number of piperidine rings is 1. The first kappa shape index (κ1) is 31.9. The second kappa shape index (κ2) is 13.8. The van der Waals surface area contributed by atoms with E-state index in [-0.39, 0.29) is 23.8 Å². The third-order valence-corrected chi connectivity index (χ3v) is 11.2. The van der Waals surface area contributed by atoms with E-state index < -0.39 is 29.6 Å². The highest BCUT2D eigenvalue weighted by Crippen LogP contribution is 2.55. The lowest BCUT2D eigenvalue weighted by molar-refractivity contribution is -0.141. The van der Waals surface area contributed by atoms with Crippen molar-refractivity contribution in [2.75, 3.05) is 38.6 Å². The molecular weight excluding hydrogens is 592 g/mol. The number of benzene rings is 2. The molecule has 1 aliphatic carbocycles. The molecule has 3 saturated heterocycles. The van der Waals surface area contributed by atoms with Gasteiger partial charge in [0.15, 0.2) is 0 Å². The summed E-state index contributed by atoms with van der Waals surface area (Å²) in [5, 5.41) is 6.28. The second-order valence-electron chi connectivity index (χ2n) is 14.1. The van der Waals surface area contributed by atoms with Gasteiger partial charge >= 0.3 is 0 Å². The van der Waals surface area contributed by atoms with Crippen LogP contribution in [0.2, 0.25) is 0 Å². The van der Waals surface area contributed by atoms with Crippen LogP contribution >= 0.6 is 0 Å². The van der Waals surface area contributed by atoms with Crippen molar-refractivity contribution in [2.45, 2.75) is 81.6 Å². The van der Waals surface area contributed by atoms with Crippen LogP contribution in [0.15, 0.2) is 66.7 Å². The first-order valence-electron chi connectivity index (χ1n) is 17.6. The van der Waals surface area contributed by atoms with E-state index in [2.05, 4.69) is 45.9 Å². The van der Waals surface area contributed by atoms with Gasteiger partial charge in [0.25, 0.3) is 0 Å². The molecule has 2 aromatic carbocycles. The Hall–Kier alpha value is -3.69. The van der Waals surface area contributed by atoms with E-state index in [9.17, 15) is 14.4 Å². The van der Waals surface area contributed by atoms with Gasteiger partial charge in [0.1, 0.15) is 17.4 Å². The van der Waals surface area contributed by atoms with Crippen LogP contribution in [-0.4, -0.2) is 84.6 Å². The summed E-state index contributed by atoms with van der Waals surface area (Å²) in [6.45, 7) is 3.42. The predicted octanol–water partition coefficient (Wildman–Crippen LogP) is 4.58. The molecule has 2 aromatic rings. The van der Waals surface area contributed by atoms with Gasteiger partial charge < -0.3 is 29.9 Å². The number of hydrogen-bond donors (Lipinski definition) is 2. The molecule has 0 unspecified atom stereocenters. The minimum atomic E-state index is -1.14. The van der Waals surface area contributed by atoms with E-state index in [1.165, 1.54) is 24.8 Å². The van der Waals surface area contributed by atoms with Crippen LogP contribution in [0.3, 0.4) is 0 Å². The molecule has 4 heterocycles. The normalized spacial score (nSPS) is 29.2. The van der Waals surface area contributed by atoms with E-state index in [1.54, 1.807) is 36.3 Å². The molecule has 47 heavy (non-hydrogen) atoms. The molecule has 0 radical (unpaired) electrons. The Bertz CT molecular complexity index is 1450. The molecule has 7 rings (SSSR count). The summed E-state index contributed by atoms with van der Waals surface area (Å²) in [7, 11) is 1.60. The summed E-state index contributed by atoms with van der Waals surface area (Å²) in [5.74, 6) is -0.650. The van der Waals surface area contributed by atoms with Crippen LogP contribution in [0.1, 0.15) is 56.9 Å². The molecule has 5 atom stereocenters. The Balaban J connectivity index is 1.03. The number of ether oxygens (including phenoxy) is 2. The molecule has 4 aliphatic heterocycles. The van der Waals surface area contributed by atoms with Gasteiger partial charge in [-0.2, -0.15) is 0 Å². The number of nitrogens with zero attached hydrogens (tertiary/aromatic N) is 2. The molecule has 2 N–H and O–H groups in total. The molecule has 0 aromatic heterocycles. The van der Waals surface area contributed by atoms with Gasteiger partial charge in [-0.15, -0.1) is 0 Å². The van der Waals surface area contributed by atoms with E-state index in [0.717, 1.165) is 58.2 Å². The SMILES string of the molecule is COc1ccc(NC(=O)[C@H]2[C@H]3C=C[C@@]4(O3)[C@H]2C(=O)N(CCCN2CCC(Cc3ccccc3)CC2)[C@@H]4C(=O)NC2CCCCC2)cc1. The molecule has 2 bridgehead atoms. The van der Waals surface area contributed by atoms with Crippen molar-refractivity contribution in [1.82, 2.24) is 15.1 Å². The van der Waals surface area contributed by atoms with E-state index in [1.807, 2.05) is 12.2 Å². The molecule has 3 amide bonds. The second-order valence-corrected chi connectivity index (χ2v) is 14.1. The van der Waals surface area contributed by atoms with Gasteiger partial charge in [-0.05, 0) is 93.9 Å². The Morgan fingerprint density at radius 2 is 1.68 bits per heavy atom. The van der Waals surface area contributed by atoms with Crippen LogP contribution in [0, 0.1) is 17.8 Å². The Morgan fingerprint density at radius 3 is 2.40 bits per heavy atom. The Kier molecular flexibility index (Phi) is 9.37. The number of anilines is 1. The minimum absolute atomic E-state index is 0.109. The molecule has 250 valence electrons. The summed E-state index contributed by atoms with van der Waals surface area (Å²) in [5.41, 5.74) is 0.887. The predicted molar refractivity (Wildman–Crippen MR) is 180 cm³/mol. The zero-order chi connectivity index (χ0) is 32.4. The highest BCUT2D eigenvalue weighted by molar-refractivity contribution is 6.02. The third-order valence-electron chi connectivity index (χ3n) is 11.2. The number of carbonyl (C=O) groups excluding carboxylic acids is 3. The fraction of sp³-hybridized carbons (Fsp3) is 0.553. The number of amides is 3. The van der Waals surface area contributed by atoms with E-state index in [0.29, 0.717) is 23.9 Å². The van der Waals surface area contributed by atoms with E-state index >= 15 is 0 Å². The highest BCUT2D eigenvalue weighted by atomic mass is 16.5. The van der Waals surface area contributed by atoms with Crippen LogP contribution in [0.25, 0.3) is 0 Å². The van der Waals surface area contributed by atoms with Crippen molar-refractivity contribution < 1.29 is 23.9 Å². The third kappa shape index (κ3) is 6.44. The molecule has 4 fully saturated rings. The number of fused-ring (bicyclic) bond motifs is 1. The summed E-state index contributed by atoms with van der Waals surface area (Å²) < 4.78 is 11.8. The number of hydrogen-bond acceptors (Lipinski definition) is 6. The van der Waals surface area contributed by atoms with Gasteiger partial charge in [0, 0.05) is 18.3 Å². The number of rotatable bonds is 11. The van der Waals surface area contributed by atoms with Gasteiger partial charge in [0.2, 0.25) is 17.7 Å². The van der Waals surface area contributed by atoms with Crippen molar-refractivity contribution in [1.29, 1.82) is 0 Å². The van der Waals surface area contributed by atoms with Gasteiger partial charge in [-0.25, -0.2) is 0 Å². The van der Waals surface area contributed by atoms with Crippen LogP contribution in [0.4, 0.5) is 5.69 Å². The molecule has 9 nitrogen and oxygen atoms in total. The summed E-state index contributed by atoms with van der Waals surface area (Å²) in [6, 6.07) is 17.2. The van der Waals surface area contributed by atoms with Crippen molar-refractivity contribution in [3.8, 4) is 5.75 Å². The van der Waals surface area contributed by atoms with E-state index in [4.69, 9.17) is 9.47 Å². The number of nitrogens with one attached hydrogen (secondary N) is 2. The summed E-state index contributed by atoms with van der Waals surface area (Å²) in [4.78, 5) is 46.5. The zero-order valence-corrected chi connectivity index (χ0v) is 27.4. The number of carbonyl (C=O) groups is 3. The van der Waals surface area contributed by atoms with Crippen LogP contribution in [0.5, 0.6) is 5.75 Å². The topological polar surface area (TPSA) is 100 Å². The first-order valence-corrected chi connectivity index (χ1v) is 17.6. The van der Waals surface area contributed by atoms with Gasteiger partial charge in [-0.3, -0.25) is 14.4 Å². The molecule has 1 spiro atoms. The number of likely N-dealkylation sites (tertiary alicyclic amines) is 2. The highest BCUT2D eigenvalue weighted by Gasteiger charge is 2.72. The maximum Gasteiger partial charge on any atom is 0.246 e. The fourth-order valence-electron chi connectivity index (χ4n) is 8.76. The monoisotopic (exact) mass is 640 g/mol. The zero-order valence-electron chi connectivity index (χ0n) is 27.4. The fourth-order valence-corrected chi connectivity index (χ4v) is 8.76. The Labute approximate surface area is 278 Å². The average molecular weight is 641 g/mol. The van der Waals surface area contributed by atoms with Crippen molar-refractivity contribution in [3.05, 3.63) is 72.3 Å². The average Bonchev–Trinajstić information content (AvgIpc) is 3.74. The summed E-state index contributed by atoms with van der Waals surface area (Å²) >= 11 is 0. The smallest absolute Gasteiger partial charge is 0.246 e. The maximum absolute atomic E-state index is 14.4. The first-order chi connectivity index (χ1) is 22.9. The molecule has 1 saturated carbocycles. The van der Waals surface area contributed by atoms with Gasteiger partial charge in [-0.1, -0.05) is 61.7 Å². The maximum atomic E-state index is 14.4. The van der Waals surface area contributed by atoms with Crippen molar-refractivity contribution >= 4 is 23.4 Å². The lowest BCUT2D eigenvalue weighted by Crippen LogP contribution is -2.56. The summed E-state index contributed by atoms with van der Waals surface area (Å²) in [6.07, 6.45) is 12.7. The molecular formula is C38H48N4O5. The standard InChI is InChI=1S/C38H48N4O5/c1-46-30-15-13-29(14-16-30)39-35(43)32-31-17-20-38(47-31)33(32)37(45)42(34(38)36(44)40-28-11-6-3-7-12-28)22-8-21-41-23-18-27(19-24-41)25-26-9-4-2-5-10-26/h2,4-5,9-10,13-17,20,27-28,31-34H,3,6-8,11-12,18-19,21-25H2,1H3,(H,39,43)(H,40,44)/t31-,32+,33-,34-,38-/m1/s1. The number of methoxy groups -OCH3 is 1. The van der Waals surface area contributed by atoms with Crippen LogP contribution in [-0.2, 0) is 25.5 Å². The molecule has 9 heteroatoms. The minimum Gasteiger partial charge on any atom is -0.497 e. The molecule has 5 aliphatic rings.